The summed E-state index contributed by atoms with van der Waals surface area (Å²) >= 11 is 0. The summed E-state index contributed by atoms with van der Waals surface area (Å²) in [5, 5.41) is 8.89. The van der Waals surface area contributed by atoms with Crippen molar-refractivity contribution in [1.29, 1.82) is 5.26 Å². The Hall–Kier alpha value is -1.95. The molecule has 1 aliphatic rings. The lowest BCUT2D eigenvalue weighted by molar-refractivity contribution is -0.133. The normalized spacial score (nSPS) is 17.5. The van der Waals surface area contributed by atoms with Gasteiger partial charge in [0, 0.05) is 26.2 Å². The summed E-state index contributed by atoms with van der Waals surface area (Å²) in [7, 11) is -3.22. The van der Waals surface area contributed by atoms with Crippen LogP contribution in [-0.4, -0.2) is 62.0 Å². The molecule has 1 atom stereocenters. The Bertz CT molecular complexity index is 718. The van der Waals surface area contributed by atoms with Crippen LogP contribution in [0, 0.1) is 11.3 Å². The zero-order chi connectivity index (χ0) is 17.0. The van der Waals surface area contributed by atoms with E-state index in [9.17, 15) is 13.2 Å². The molecule has 1 amide bonds. The molecule has 0 aliphatic carbocycles. The zero-order valence-electron chi connectivity index (χ0n) is 13.0. The number of hydrogen-bond donors (Lipinski definition) is 1. The van der Waals surface area contributed by atoms with Gasteiger partial charge in [-0.25, -0.2) is 8.42 Å². The highest BCUT2D eigenvalue weighted by atomic mass is 32.2. The highest BCUT2D eigenvalue weighted by molar-refractivity contribution is 7.88. The molecule has 23 heavy (non-hydrogen) atoms. The molecule has 7 nitrogen and oxygen atoms in total. The van der Waals surface area contributed by atoms with Gasteiger partial charge in [-0.05, 0) is 24.1 Å². The van der Waals surface area contributed by atoms with Gasteiger partial charge in [-0.3, -0.25) is 4.79 Å². The number of sulfonamides is 1. The van der Waals surface area contributed by atoms with Crippen LogP contribution in [0.5, 0.6) is 0 Å². The summed E-state index contributed by atoms with van der Waals surface area (Å²) in [4.78, 5) is 14.0. The van der Waals surface area contributed by atoms with E-state index in [0.29, 0.717) is 38.2 Å². The number of piperazine rings is 1. The topological polar surface area (TPSA) is 108 Å². The second kappa shape index (κ2) is 7.08. The van der Waals surface area contributed by atoms with Gasteiger partial charge < -0.3 is 10.6 Å². The Labute approximate surface area is 136 Å². The van der Waals surface area contributed by atoms with Crippen LogP contribution >= 0.6 is 0 Å². The maximum atomic E-state index is 12.4. The van der Waals surface area contributed by atoms with Gasteiger partial charge in [0.15, 0.2) is 0 Å². The molecule has 8 heteroatoms. The third-order valence-corrected chi connectivity index (χ3v) is 5.15. The van der Waals surface area contributed by atoms with Crippen LogP contribution in [0.3, 0.4) is 0 Å². The molecule has 2 N–H and O–H groups in total. The number of nitrogens with zero attached hydrogens (tertiary/aromatic N) is 3. The van der Waals surface area contributed by atoms with Gasteiger partial charge in [-0.15, -0.1) is 0 Å². The van der Waals surface area contributed by atoms with Gasteiger partial charge in [-0.1, -0.05) is 12.1 Å². The first-order valence-electron chi connectivity index (χ1n) is 7.30. The van der Waals surface area contributed by atoms with Crippen molar-refractivity contribution in [3.63, 3.8) is 0 Å². The highest BCUT2D eigenvalue weighted by Gasteiger charge is 2.28. The Kier molecular flexibility index (Phi) is 5.36. The van der Waals surface area contributed by atoms with Gasteiger partial charge in [0.2, 0.25) is 15.9 Å². The summed E-state index contributed by atoms with van der Waals surface area (Å²) in [6, 6.07) is 8.35. The lowest BCUT2D eigenvalue weighted by Gasteiger charge is -2.34. The summed E-state index contributed by atoms with van der Waals surface area (Å²) in [5.41, 5.74) is 7.35. The molecule has 0 unspecified atom stereocenters. The van der Waals surface area contributed by atoms with Crippen molar-refractivity contribution >= 4 is 15.9 Å². The van der Waals surface area contributed by atoms with Crippen molar-refractivity contribution < 1.29 is 13.2 Å². The fraction of sp³-hybridized carbons (Fsp3) is 0.467. The molecule has 0 aromatic heterocycles. The molecule has 0 spiro atoms. The number of nitriles is 1. The van der Waals surface area contributed by atoms with Crippen LogP contribution in [0.2, 0.25) is 0 Å². The van der Waals surface area contributed by atoms with Crippen LogP contribution in [-0.2, 0) is 21.2 Å². The van der Waals surface area contributed by atoms with E-state index in [0.717, 1.165) is 5.56 Å². The third-order valence-electron chi connectivity index (χ3n) is 3.85. The van der Waals surface area contributed by atoms with E-state index in [1.54, 1.807) is 23.1 Å². The molecule has 1 aliphatic heterocycles. The quantitative estimate of drug-likeness (QED) is 0.800. The smallest absolute Gasteiger partial charge is 0.239 e. The SMILES string of the molecule is CS(=O)(=O)N1CCN(C(=O)[C@@H](N)Cc2cccc(C#N)c2)CC1. The van der Waals surface area contributed by atoms with Gasteiger partial charge in [-0.2, -0.15) is 9.57 Å². The summed E-state index contributed by atoms with van der Waals surface area (Å²) < 4.78 is 24.3. The number of amides is 1. The predicted molar refractivity (Wildman–Crippen MR) is 85.8 cm³/mol. The first kappa shape index (κ1) is 17.4. The van der Waals surface area contributed by atoms with E-state index in [2.05, 4.69) is 6.07 Å². The number of nitrogens with two attached hydrogens (primary N) is 1. The first-order chi connectivity index (χ1) is 10.8. The highest BCUT2D eigenvalue weighted by Crippen LogP contribution is 2.10. The van der Waals surface area contributed by atoms with Crippen molar-refractivity contribution in [2.24, 2.45) is 5.73 Å². The molecular formula is C15H20N4O3S. The molecular weight excluding hydrogens is 316 g/mol. The van der Waals surface area contributed by atoms with E-state index in [-0.39, 0.29) is 5.91 Å². The van der Waals surface area contributed by atoms with Crippen LogP contribution in [0.15, 0.2) is 24.3 Å². The minimum atomic E-state index is -3.22. The average Bonchev–Trinajstić information content (AvgIpc) is 2.53. The van der Waals surface area contributed by atoms with E-state index in [4.69, 9.17) is 11.0 Å². The summed E-state index contributed by atoms with van der Waals surface area (Å²) in [5.74, 6) is -0.194. The molecule has 0 radical (unpaired) electrons. The maximum Gasteiger partial charge on any atom is 0.239 e. The molecule has 1 fully saturated rings. The minimum Gasteiger partial charge on any atom is -0.339 e. The monoisotopic (exact) mass is 336 g/mol. The first-order valence-corrected chi connectivity index (χ1v) is 9.14. The van der Waals surface area contributed by atoms with Crippen LogP contribution < -0.4 is 5.73 Å². The maximum absolute atomic E-state index is 12.4. The number of carbonyl (C=O) groups is 1. The number of hydrogen-bond acceptors (Lipinski definition) is 5. The van der Waals surface area contributed by atoms with E-state index in [1.807, 2.05) is 6.07 Å². The van der Waals surface area contributed by atoms with Crippen molar-refractivity contribution in [3.05, 3.63) is 35.4 Å². The van der Waals surface area contributed by atoms with Gasteiger partial charge >= 0.3 is 0 Å². The number of benzene rings is 1. The second-order valence-corrected chi connectivity index (χ2v) is 7.59. The largest absolute Gasteiger partial charge is 0.339 e. The van der Waals surface area contributed by atoms with Crippen molar-refractivity contribution in [1.82, 2.24) is 9.21 Å². The van der Waals surface area contributed by atoms with Gasteiger partial charge in [0.05, 0.1) is 23.9 Å². The zero-order valence-corrected chi connectivity index (χ0v) is 13.8. The standard InChI is InChI=1S/C15H20N4O3S/c1-23(21,22)19-7-5-18(6-8-19)15(20)14(17)10-12-3-2-4-13(9-12)11-16/h2-4,9,14H,5-8,10,17H2,1H3/t14-/m0/s1. The molecule has 1 saturated heterocycles. The lowest BCUT2D eigenvalue weighted by Crippen LogP contribution is -2.54. The molecule has 1 aromatic rings. The van der Waals surface area contributed by atoms with E-state index >= 15 is 0 Å². The number of carbonyl (C=O) groups excluding carboxylic acids is 1. The molecule has 1 aromatic carbocycles. The Balaban J connectivity index is 1.94. The molecule has 1 heterocycles. The van der Waals surface area contributed by atoms with Gasteiger partial charge in [0.25, 0.3) is 0 Å². The van der Waals surface area contributed by atoms with Crippen LogP contribution in [0.4, 0.5) is 0 Å². The van der Waals surface area contributed by atoms with E-state index in [1.165, 1.54) is 10.6 Å². The molecule has 0 saturated carbocycles. The Morgan fingerprint density at radius 1 is 1.35 bits per heavy atom. The number of rotatable bonds is 4. The molecule has 124 valence electrons. The van der Waals surface area contributed by atoms with Crippen molar-refractivity contribution in [2.75, 3.05) is 32.4 Å². The summed E-state index contributed by atoms with van der Waals surface area (Å²) in [6.07, 6.45) is 1.51. The third kappa shape index (κ3) is 4.51. The summed E-state index contributed by atoms with van der Waals surface area (Å²) in [6.45, 7) is 1.28. The lowest BCUT2D eigenvalue weighted by atomic mass is 10.0. The fourth-order valence-corrected chi connectivity index (χ4v) is 3.41. The minimum absolute atomic E-state index is 0.194. The van der Waals surface area contributed by atoms with E-state index < -0.39 is 16.1 Å². The molecule has 0 bridgehead atoms. The predicted octanol–water partition coefficient (Wildman–Crippen LogP) is -0.468. The second-order valence-electron chi connectivity index (χ2n) is 5.61. The Morgan fingerprint density at radius 3 is 2.57 bits per heavy atom. The van der Waals surface area contributed by atoms with Crippen molar-refractivity contribution in [2.45, 2.75) is 12.5 Å². The van der Waals surface area contributed by atoms with Gasteiger partial charge in [0.1, 0.15) is 0 Å². The van der Waals surface area contributed by atoms with Crippen molar-refractivity contribution in [3.8, 4) is 6.07 Å². The van der Waals surface area contributed by atoms with Crippen LogP contribution in [0.25, 0.3) is 0 Å². The fourth-order valence-electron chi connectivity index (χ4n) is 2.58. The molecule has 2 rings (SSSR count). The Morgan fingerprint density at radius 2 is 2.00 bits per heavy atom. The average molecular weight is 336 g/mol. The van der Waals surface area contributed by atoms with Crippen LogP contribution in [0.1, 0.15) is 11.1 Å².